The summed E-state index contributed by atoms with van der Waals surface area (Å²) in [6.45, 7) is 0.732. The summed E-state index contributed by atoms with van der Waals surface area (Å²) in [5.74, 6) is 1.87. The lowest BCUT2D eigenvalue weighted by molar-refractivity contribution is -0.133. The van der Waals surface area contributed by atoms with Gasteiger partial charge in [-0.15, -0.1) is 22.7 Å². The summed E-state index contributed by atoms with van der Waals surface area (Å²) in [5.41, 5.74) is 2.10. The van der Waals surface area contributed by atoms with Crippen molar-refractivity contribution in [2.45, 2.75) is 25.3 Å². The maximum atomic E-state index is 13.2. The number of rotatable bonds is 6. The van der Waals surface area contributed by atoms with Gasteiger partial charge in [-0.1, -0.05) is 11.2 Å². The van der Waals surface area contributed by atoms with E-state index in [-0.39, 0.29) is 11.9 Å². The topological polar surface area (TPSA) is 68.5 Å². The van der Waals surface area contributed by atoms with Gasteiger partial charge >= 0.3 is 0 Å². The third-order valence-electron chi connectivity index (χ3n) is 5.47. The maximum Gasteiger partial charge on any atom is 0.227 e. The molecule has 0 fully saturated rings. The monoisotopic (exact) mass is 451 g/mol. The summed E-state index contributed by atoms with van der Waals surface area (Å²) in [7, 11) is 1.63. The first-order valence-electron chi connectivity index (χ1n) is 10.1. The third-order valence-corrected chi connectivity index (χ3v) is 7.39. The van der Waals surface area contributed by atoms with Crippen LogP contribution in [0, 0.1) is 0 Å². The zero-order valence-corrected chi connectivity index (χ0v) is 18.6. The van der Waals surface area contributed by atoms with E-state index in [1.165, 1.54) is 15.3 Å². The molecule has 1 aliphatic rings. The highest BCUT2D eigenvalue weighted by Crippen LogP contribution is 2.39. The molecule has 0 spiro atoms. The van der Waals surface area contributed by atoms with E-state index < -0.39 is 0 Å². The summed E-state index contributed by atoms with van der Waals surface area (Å²) in [6, 6.07) is 13.8. The second-order valence-corrected chi connectivity index (χ2v) is 9.27. The fourth-order valence-electron chi connectivity index (χ4n) is 3.91. The van der Waals surface area contributed by atoms with Crippen LogP contribution in [0.25, 0.3) is 11.4 Å². The van der Waals surface area contributed by atoms with Crippen molar-refractivity contribution < 1.29 is 14.1 Å². The number of fused-ring (bicyclic) bond motifs is 1. The van der Waals surface area contributed by atoms with E-state index in [0.717, 1.165) is 24.3 Å². The molecule has 0 radical (unpaired) electrons. The van der Waals surface area contributed by atoms with Crippen LogP contribution in [0.3, 0.4) is 0 Å². The number of aromatic nitrogens is 2. The number of amides is 1. The van der Waals surface area contributed by atoms with Gasteiger partial charge in [-0.05, 0) is 59.1 Å². The molecule has 0 aliphatic carbocycles. The molecule has 1 aliphatic heterocycles. The van der Waals surface area contributed by atoms with Crippen LogP contribution in [-0.4, -0.2) is 34.6 Å². The van der Waals surface area contributed by atoms with Crippen LogP contribution in [0.1, 0.15) is 33.7 Å². The summed E-state index contributed by atoms with van der Waals surface area (Å²) in [5, 5.41) is 8.25. The Morgan fingerprint density at radius 2 is 2.06 bits per heavy atom. The van der Waals surface area contributed by atoms with E-state index in [1.54, 1.807) is 29.8 Å². The fraction of sp³-hybridized carbons (Fsp3) is 0.261. The number of aryl methyl sites for hydroxylation is 1. The highest BCUT2D eigenvalue weighted by molar-refractivity contribution is 7.10. The lowest BCUT2D eigenvalue weighted by atomic mass is 9.98. The molecular weight excluding hydrogens is 430 g/mol. The number of ether oxygens (including phenoxy) is 1. The Hall–Kier alpha value is -2.97. The van der Waals surface area contributed by atoms with Gasteiger partial charge in [-0.3, -0.25) is 4.79 Å². The Bertz CT molecular complexity index is 1170. The number of carbonyl (C=O) groups excluding carboxylic acids is 1. The molecule has 1 unspecified atom stereocenters. The first kappa shape index (κ1) is 20.0. The van der Waals surface area contributed by atoms with Gasteiger partial charge < -0.3 is 14.2 Å². The number of hydrogen-bond donors (Lipinski definition) is 0. The van der Waals surface area contributed by atoms with E-state index in [9.17, 15) is 4.79 Å². The normalized spacial score (nSPS) is 15.6. The van der Waals surface area contributed by atoms with Crippen molar-refractivity contribution in [3.8, 4) is 17.1 Å². The highest BCUT2D eigenvalue weighted by Gasteiger charge is 2.33. The average molecular weight is 452 g/mol. The molecule has 31 heavy (non-hydrogen) atoms. The van der Waals surface area contributed by atoms with E-state index in [0.29, 0.717) is 24.6 Å². The second-order valence-electron chi connectivity index (χ2n) is 7.29. The van der Waals surface area contributed by atoms with Crippen LogP contribution in [0.15, 0.2) is 57.7 Å². The van der Waals surface area contributed by atoms with Gasteiger partial charge in [-0.2, -0.15) is 4.98 Å². The summed E-state index contributed by atoms with van der Waals surface area (Å²) in [4.78, 5) is 22.2. The summed E-state index contributed by atoms with van der Waals surface area (Å²) >= 11 is 3.48. The maximum absolute atomic E-state index is 13.2. The molecule has 0 saturated carbocycles. The van der Waals surface area contributed by atoms with Crippen molar-refractivity contribution in [3.05, 3.63) is 74.4 Å². The number of methoxy groups -OCH3 is 1. The van der Waals surface area contributed by atoms with Gasteiger partial charge in [0, 0.05) is 34.7 Å². The van der Waals surface area contributed by atoms with Gasteiger partial charge in [0.05, 0.1) is 13.2 Å². The molecule has 158 valence electrons. The Balaban J connectivity index is 1.29. The molecule has 1 aromatic carbocycles. The number of thiophene rings is 2. The average Bonchev–Trinajstić information content (AvgIpc) is 3.58. The molecule has 8 heteroatoms. The van der Waals surface area contributed by atoms with Crippen molar-refractivity contribution in [2.75, 3.05) is 13.7 Å². The van der Waals surface area contributed by atoms with Gasteiger partial charge in [0.1, 0.15) is 5.75 Å². The lowest BCUT2D eigenvalue weighted by Gasteiger charge is -2.35. The minimum absolute atomic E-state index is 0.0000420. The Kier molecular flexibility index (Phi) is 5.57. The van der Waals surface area contributed by atoms with Crippen molar-refractivity contribution in [1.82, 2.24) is 15.0 Å². The molecule has 0 saturated heterocycles. The number of carbonyl (C=O) groups is 1. The summed E-state index contributed by atoms with van der Waals surface area (Å²) in [6.07, 6.45) is 1.67. The molecule has 0 N–H and O–H groups in total. The van der Waals surface area contributed by atoms with E-state index in [1.807, 2.05) is 35.2 Å². The molecule has 3 aromatic heterocycles. The van der Waals surface area contributed by atoms with E-state index >= 15 is 0 Å². The first-order valence-corrected chi connectivity index (χ1v) is 11.8. The van der Waals surface area contributed by atoms with Gasteiger partial charge in [-0.25, -0.2) is 0 Å². The van der Waals surface area contributed by atoms with Gasteiger partial charge in [0.2, 0.25) is 17.6 Å². The molecule has 6 nitrogen and oxygen atoms in total. The zero-order chi connectivity index (χ0) is 21.2. The van der Waals surface area contributed by atoms with Crippen LogP contribution >= 0.6 is 22.7 Å². The molecule has 1 amide bonds. The smallest absolute Gasteiger partial charge is 0.227 e. The van der Waals surface area contributed by atoms with Gasteiger partial charge in [0.25, 0.3) is 0 Å². The van der Waals surface area contributed by atoms with Gasteiger partial charge in [0.15, 0.2) is 0 Å². The molecule has 5 rings (SSSR count). The first-order chi connectivity index (χ1) is 15.2. The minimum atomic E-state index is 0.0000420. The van der Waals surface area contributed by atoms with Crippen LogP contribution in [0.5, 0.6) is 5.75 Å². The van der Waals surface area contributed by atoms with Crippen LogP contribution in [0.4, 0.5) is 0 Å². The predicted octanol–water partition coefficient (Wildman–Crippen LogP) is 4.98. The van der Waals surface area contributed by atoms with Crippen LogP contribution in [-0.2, 0) is 17.6 Å². The van der Waals surface area contributed by atoms with Crippen molar-refractivity contribution in [1.29, 1.82) is 0 Å². The zero-order valence-electron chi connectivity index (χ0n) is 17.0. The summed E-state index contributed by atoms with van der Waals surface area (Å²) < 4.78 is 10.6. The van der Waals surface area contributed by atoms with E-state index in [4.69, 9.17) is 9.26 Å². The SMILES string of the molecule is COc1ccc(-c2noc(CCC(=O)N3CCc4sccc4C3c3cccs3)n2)cc1. The van der Waals surface area contributed by atoms with Crippen LogP contribution in [0.2, 0.25) is 0 Å². The Morgan fingerprint density at radius 1 is 1.19 bits per heavy atom. The largest absolute Gasteiger partial charge is 0.497 e. The van der Waals surface area contributed by atoms with Crippen molar-refractivity contribution >= 4 is 28.6 Å². The Morgan fingerprint density at radius 3 is 2.84 bits per heavy atom. The standard InChI is InChI=1S/C23H21N3O3S2/c1-28-16-6-4-15(5-7-16)23-24-20(29-25-23)8-9-21(27)26-12-10-18-17(11-14-31-18)22(26)19-3-2-13-30-19/h2-7,11,13-14,22H,8-10,12H2,1H3. The predicted molar refractivity (Wildman–Crippen MR) is 121 cm³/mol. The number of benzene rings is 1. The molecule has 4 aromatic rings. The Labute approximate surface area is 188 Å². The van der Waals surface area contributed by atoms with Crippen molar-refractivity contribution in [2.24, 2.45) is 0 Å². The molecule has 0 bridgehead atoms. The van der Waals surface area contributed by atoms with E-state index in [2.05, 4.69) is 33.0 Å². The van der Waals surface area contributed by atoms with Crippen molar-refractivity contribution in [3.63, 3.8) is 0 Å². The highest BCUT2D eigenvalue weighted by atomic mass is 32.1. The fourth-order valence-corrected chi connectivity index (χ4v) is 5.67. The second kappa shape index (κ2) is 8.64. The molecule has 4 heterocycles. The molecular formula is C23H21N3O3S2. The quantitative estimate of drug-likeness (QED) is 0.414. The molecule has 1 atom stereocenters. The van der Waals surface area contributed by atoms with Crippen LogP contribution < -0.4 is 4.74 Å². The number of nitrogens with zero attached hydrogens (tertiary/aromatic N) is 3. The third kappa shape index (κ3) is 4.00. The number of hydrogen-bond acceptors (Lipinski definition) is 7. The lowest BCUT2D eigenvalue weighted by Crippen LogP contribution is -2.39. The minimum Gasteiger partial charge on any atom is -0.497 e.